The van der Waals surface area contributed by atoms with Gasteiger partial charge in [0.2, 0.25) is 5.88 Å². The van der Waals surface area contributed by atoms with Crippen molar-refractivity contribution < 1.29 is 4.74 Å². The molecular weight excluding hydrogens is 280 g/mol. The van der Waals surface area contributed by atoms with Gasteiger partial charge in [-0.05, 0) is 45.2 Å². The van der Waals surface area contributed by atoms with Gasteiger partial charge in [-0.15, -0.1) is 11.8 Å². The van der Waals surface area contributed by atoms with Crippen LogP contribution in [0.25, 0.3) is 0 Å². The van der Waals surface area contributed by atoms with E-state index in [9.17, 15) is 0 Å². The SMILES string of the molecule is CSc1ccccc1Oc1cccc(CNC(C)(C)C)n1. The molecule has 0 saturated heterocycles. The van der Waals surface area contributed by atoms with Crippen LogP contribution in [0.4, 0.5) is 0 Å². The van der Waals surface area contributed by atoms with Crippen molar-refractivity contribution >= 4 is 11.8 Å². The number of benzene rings is 1. The minimum atomic E-state index is 0.0734. The van der Waals surface area contributed by atoms with Crippen molar-refractivity contribution in [2.75, 3.05) is 6.26 Å². The van der Waals surface area contributed by atoms with Crippen molar-refractivity contribution in [3.8, 4) is 11.6 Å². The van der Waals surface area contributed by atoms with Gasteiger partial charge in [0, 0.05) is 23.0 Å². The molecule has 2 aromatic rings. The Labute approximate surface area is 131 Å². The smallest absolute Gasteiger partial charge is 0.219 e. The Morgan fingerprint density at radius 3 is 2.57 bits per heavy atom. The van der Waals surface area contributed by atoms with E-state index in [1.165, 1.54) is 0 Å². The average molecular weight is 302 g/mol. The van der Waals surface area contributed by atoms with Crippen molar-refractivity contribution in [1.29, 1.82) is 0 Å². The van der Waals surface area contributed by atoms with Gasteiger partial charge in [0.15, 0.2) is 0 Å². The summed E-state index contributed by atoms with van der Waals surface area (Å²) in [6.07, 6.45) is 2.04. The number of nitrogens with zero attached hydrogens (tertiary/aromatic N) is 1. The second-order valence-electron chi connectivity index (χ2n) is 5.82. The van der Waals surface area contributed by atoms with Crippen LogP contribution in [0.2, 0.25) is 0 Å². The maximum atomic E-state index is 5.91. The molecule has 21 heavy (non-hydrogen) atoms. The number of nitrogens with one attached hydrogen (secondary N) is 1. The molecule has 0 aliphatic carbocycles. The fourth-order valence-electron chi connectivity index (χ4n) is 1.78. The van der Waals surface area contributed by atoms with Gasteiger partial charge in [-0.2, -0.15) is 0 Å². The van der Waals surface area contributed by atoms with Crippen molar-refractivity contribution in [2.24, 2.45) is 0 Å². The molecule has 0 unspecified atom stereocenters. The lowest BCUT2D eigenvalue weighted by Crippen LogP contribution is -2.35. The number of aromatic nitrogens is 1. The maximum Gasteiger partial charge on any atom is 0.219 e. The lowest BCUT2D eigenvalue weighted by molar-refractivity contribution is 0.414. The van der Waals surface area contributed by atoms with Crippen LogP contribution in [-0.2, 0) is 6.54 Å². The standard InChI is InChI=1S/C17H22N2OS/c1-17(2,3)18-12-13-8-7-11-16(19-13)20-14-9-5-6-10-15(14)21-4/h5-11,18H,12H2,1-4H3. The quantitative estimate of drug-likeness (QED) is 0.826. The maximum absolute atomic E-state index is 5.91. The van der Waals surface area contributed by atoms with Crippen LogP contribution in [0.15, 0.2) is 47.4 Å². The van der Waals surface area contributed by atoms with E-state index in [2.05, 4.69) is 31.1 Å². The molecule has 0 bridgehead atoms. The topological polar surface area (TPSA) is 34.1 Å². The van der Waals surface area contributed by atoms with Crippen molar-refractivity contribution in [3.05, 3.63) is 48.2 Å². The third-order valence-corrected chi connectivity index (χ3v) is 3.64. The predicted octanol–water partition coefficient (Wildman–Crippen LogP) is 4.48. The third-order valence-electron chi connectivity index (χ3n) is 2.86. The lowest BCUT2D eigenvalue weighted by atomic mass is 10.1. The Hall–Kier alpha value is -1.52. The van der Waals surface area contributed by atoms with E-state index in [0.29, 0.717) is 5.88 Å². The Morgan fingerprint density at radius 1 is 1.10 bits per heavy atom. The zero-order chi connectivity index (χ0) is 15.3. The Bertz CT molecular complexity index is 593. The second-order valence-corrected chi connectivity index (χ2v) is 6.67. The molecule has 0 amide bonds. The highest BCUT2D eigenvalue weighted by Gasteiger charge is 2.10. The van der Waals surface area contributed by atoms with E-state index in [1.54, 1.807) is 11.8 Å². The third kappa shape index (κ3) is 5.06. The van der Waals surface area contributed by atoms with Gasteiger partial charge in [0.05, 0.1) is 5.69 Å². The molecule has 0 aliphatic heterocycles. The number of para-hydroxylation sites is 1. The summed E-state index contributed by atoms with van der Waals surface area (Å²) in [5.41, 5.74) is 1.05. The molecule has 0 spiro atoms. The van der Waals surface area contributed by atoms with Crippen LogP contribution in [-0.4, -0.2) is 16.8 Å². The van der Waals surface area contributed by atoms with Crippen molar-refractivity contribution in [3.63, 3.8) is 0 Å². The van der Waals surface area contributed by atoms with Gasteiger partial charge in [-0.3, -0.25) is 0 Å². The monoisotopic (exact) mass is 302 g/mol. The van der Waals surface area contributed by atoms with Gasteiger partial charge < -0.3 is 10.1 Å². The van der Waals surface area contributed by atoms with Crippen molar-refractivity contribution in [1.82, 2.24) is 10.3 Å². The summed E-state index contributed by atoms with van der Waals surface area (Å²) in [6, 6.07) is 13.9. The Kier molecular flexibility index (Phi) is 5.26. The summed E-state index contributed by atoms with van der Waals surface area (Å²) >= 11 is 1.67. The molecule has 112 valence electrons. The van der Waals surface area contributed by atoms with E-state index >= 15 is 0 Å². The summed E-state index contributed by atoms with van der Waals surface area (Å²) in [5.74, 6) is 1.48. The summed E-state index contributed by atoms with van der Waals surface area (Å²) in [4.78, 5) is 5.66. The van der Waals surface area contributed by atoms with Gasteiger partial charge in [-0.25, -0.2) is 4.98 Å². The molecule has 0 saturated carbocycles. The van der Waals surface area contributed by atoms with Crippen LogP contribution in [0.1, 0.15) is 26.5 Å². The largest absolute Gasteiger partial charge is 0.438 e. The van der Waals surface area contributed by atoms with E-state index < -0.39 is 0 Å². The van der Waals surface area contributed by atoms with Crippen LogP contribution >= 0.6 is 11.8 Å². The van der Waals surface area contributed by atoms with Crippen LogP contribution in [0, 0.1) is 0 Å². The first-order valence-electron chi connectivity index (χ1n) is 7.00. The normalized spacial score (nSPS) is 11.4. The zero-order valence-electron chi connectivity index (χ0n) is 13.0. The van der Waals surface area contributed by atoms with Gasteiger partial charge in [0.25, 0.3) is 0 Å². The highest BCUT2D eigenvalue weighted by atomic mass is 32.2. The first-order valence-corrected chi connectivity index (χ1v) is 8.22. The lowest BCUT2D eigenvalue weighted by Gasteiger charge is -2.20. The first kappa shape index (κ1) is 15.9. The predicted molar refractivity (Wildman–Crippen MR) is 89.1 cm³/mol. The Morgan fingerprint density at radius 2 is 1.86 bits per heavy atom. The highest BCUT2D eigenvalue weighted by molar-refractivity contribution is 7.98. The molecule has 0 radical (unpaired) electrons. The molecule has 0 fully saturated rings. The van der Waals surface area contributed by atoms with E-state index in [0.717, 1.165) is 22.9 Å². The fraction of sp³-hybridized carbons (Fsp3) is 0.353. The van der Waals surface area contributed by atoms with Crippen LogP contribution in [0.5, 0.6) is 11.6 Å². The molecule has 0 aliphatic rings. The summed E-state index contributed by atoms with van der Waals surface area (Å²) < 4.78 is 5.91. The van der Waals surface area contributed by atoms with E-state index in [1.807, 2.05) is 48.7 Å². The summed E-state index contributed by atoms with van der Waals surface area (Å²) in [5, 5.41) is 3.43. The van der Waals surface area contributed by atoms with Crippen molar-refractivity contribution in [2.45, 2.75) is 37.8 Å². The van der Waals surface area contributed by atoms with Gasteiger partial charge in [0.1, 0.15) is 5.75 Å². The minimum Gasteiger partial charge on any atom is -0.438 e. The zero-order valence-corrected chi connectivity index (χ0v) is 13.8. The minimum absolute atomic E-state index is 0.0734. The van der Waals surface area contributed by atoms with Crippen LogP contribution < -0.4 is 10.1 Å². The molecule has 1 aromatic heterocycles. The molecule has 0 atom stereocenters. The van der Waals surface area contributed by atoms with Gasteiger partial charge >= 0.3 is 0 Å². The average Bonchev–Trinajstić information content (AvgIpc) is 2.45. The molecule has 1 aromatic carbocycles. The number of hydrogen-bond acceptors (Lipinski definition) is 4. The van der Waals surface area contributed by atoms with Crippen LogP contribution in [0.3, 0.4) is 0 Å². The molecule has 1 N–H and O–H groups in total. The molecular formula is C17H22N2OS. The molecule has 2 rings (SSSR count). The number of thioether (sulfide) groups is 1. The van der Waals surface area contributed by atoms with Gasteiger partial charge in [-0.1, -0.05) is 18.2 Å². The van der Waals surface area contributed by atoms with E-state index in [-0.39, 0.29) is 5.54 Å². The summed E-state index contributed by atoms with van der Waals surface area (Å²) in [7, 11) is 0. The number of ether oxygens (including phenoxy) is 1. The number of pyridine rings is 1. The molecule has 1 heterocycles. The first-order chi connectivity index (χ1) is 9.98. The molecule has 4 heteroatoms. The fourth-order valence-corrected chi connectivity index (χ4v) is 2.31. The highest BCUT2D eigenvalue weighted by Crippen LogP contribution is 2.30. The second kappa shape index (κ2) is 6.96. The number of rotatable bonds is 5. The summed E-state index contributed by atoms with van der Waals surface area (Å²) in [6.45, 7) is 7.15. The molecule has 3 nitrogen and oxygen atoms in total. The Balaban J connectivity index is 2.10. The van der Waals surface area contributed by atoms with E-state index in [4.69, 9.17) is 4.74 Å². The number of hydrogen-bond donors (Lipinski definition) is 1.